The van der Waals surface area contributed by atoms with Crippen LogP contribution < -0.4 is 11.1 Å². The van der Waals surface area contributed by atoms with Crippen LogP contribution in [0.25, 0.3) is 0 Å². The molecule has 20 heavy (non-hydrogen) atoms. The topological polar surface area (TPSA) is 58.4 Å². The Kier molecular flexibility index (Phi) is 5.44. The first-order valence-corrected chi connectivity index (χ1v) is 8.43. The molecular formula is C16H31N3O. The van der Waals surface area contributed by atoms with E-state index in [1.807, 2.05) is 0 Å². The summed E-state index contributed by atoms with van der Waals surface area (Å²) in [5.74, 6) is -0.161. The molecule has 0 aromatic rings. The normalized spacial score (nSPS) is 31.9. The number of rotatable bonds is 6. The number of carbonyl (C=O) groups excluding carboxylic acids is 1. The van der Waals surface area contributed by atoms with Crippen molar-refractivity contribution in [1.29, 1.82) is 0 Å². The number of carbonyl (C=O) groups is 1. The summed E-state index contributed by atoms with van der Waals surface area (Å²) in [6, 6.07) is 1.25. The Morgan fingerprint density at radius 2 is 1.85 bits per heavy atom. The molecule has 116 valence electrons. The second kappa shape index (κ2) is 6.90. The van der Waals surface area contributed by atoms with E-state index in [-0.39, 0.29) is 5.91 Å². The van der Waals surface area contributed by atoms with E-state index < -0.39 is 5.54 Å². The molecule has 2 atom stereocenters. The predicted molar refractivity (Wildman–Crippen MR) is 82.5 cm³/mol. The van der Waals surface area contributed by atoms with E-state index in [9.17, 15) is 4.79 Å². The Balaban J connectivity index is 2.09. The van der Waals surface area contributed by atoms with Crippen molar-refractivity contribution in [1.82, 2.24) is 10.2 Å². The highest BCUT2D eigenvalue weighted by Gasteiger charge is 2.43. The van der Waals surface area contributed by atoms with E-state index in [0.29, 0.717) is 6.04 Å². The fourth-order valence-electron chi connectivity index (χ4n) is 4.39. The SMILES string of the molecule is CCNC1(C(N)=O)CCCC(N(CC)C2CCCC2)C1. The van der Waals surface area contributed by atoms with Crippen molar-refractivity contribution in [3.05, 3.63) is 0 Å². The van der Waals surface area contributed by atoms with Gasteiger partial charge in [-0.25, -0.2) is 0 Å². The van der Waals surface area contributed by atoms with Gasteiger partial charge < -0.3 is 11.1 Å². The Morgan fingerprint density at radius 1 is 1.20 bits per heavy atom. The van der Waals surface area contributed by atoms with Gasteiger partial charge >= 0.3 is 0 Å². The maximum absolute atomic E-state index is 12.0. The number of nitrogens with zero attached hydrogens (tertiary/aromatic N) is 1. The average Bonchev–Trinajstić information content (AvgIpc) is 2.94. The molecule has 4 heteroatoms. The van der Waals surface area contributed by atoms with Gasteiger partial charge in [0, 0.05) is 12.1 Å². The molecule has 4 nitrogen and oxygen atoms in total. The van der Waals surface area contributed by atoms with E-state index in [2.05, 4.69) is 24.1 Å². The lowest BCUT2D eigenvalue weighted by atomic mass is 9.77. The van der Waals surface area contributed by atoms with Crippen LogP contribution in [0, 0.1) is 0 Å². The number of likely N-dealkylation sites (N-methyl/N-ethyl adjacent to an activating group) is 1. The van der Waals surface area contributed by atoms with Gasteiger partial charge in [0.15, 0.2) is 0 Å². The van der Waals surface area contributed by atoms with Crippen LogP contribution in [0.4, 0.5) is 0 Å². The lowest BCUT2D eigenvalue weighted by molar-refractivity contribution is -0.127. The van der Waals surface area contributed by atoms with Crippen LogP contribution in [0.15, 0.2) is 0 Å². The highest BCUT2D eigenvalue weighted by molar-refractivity contribution is 5.84. The van der Waals surface area contributed by atoms with Gasteiger partial charge in [0.2, 0.25) is 5.91 Å². The molecular weight excluding hydrogens is 250 g/mol. The zero-order chi connectivity index (χ0) is 14.6. The second-order valence-electron chi connectivity index (χ2n) is 6.50. The molecule has 2 fully saturated rings. The number of hydrogen-bond donors (Lipinski definition) is 2. The molecule has 0 bridgehead atoms. The van der Waals surface area contributed by atoms with Crippen molar-refractivity contribution in [3.63, 3.8) is 0 Å². The molecule has 3 N–H and O–H groups in total. The smallest absolute Gasteiger partial charge is 0.237 e. The summed E-state index contributed by atoms with van der Waals surface area (Å²) in [5, 5.41) is 3.40. The summed E-state index contributed by atoms with van der Waals surface area (Å²) in [6.45, 7) is 6.22. The number of amides is 1. The van der Waals surface area contributed by atoms with E-state index in [1.54, 1.807) is 0 Å². The van der Waals surface area contributed by atoms with Gasteiger partial charge in [-0.2, -0.15) is 0 Å². The van der Waals surface area contributed by atoms with Gasteiger partial charge in [-0.3, -0.25) is 9.69 Å². The molecule has 0 radical (unpaired) electrons. The monoisotopic (exact) mass is 281 g/mol. The van der Waals surface area contributed by atoms with Gasteiger partial charge in [0.1, 0.15) is 0 Å². The number of primary amides is 1. The molecule has 0 spiro atoms. The van der Waals surface area contributed by atoms with Crippen molar-refractivity contribution in [2.24, 2.45) is 5.73 Å². The molecule has 2 aliphatic carbocycles. The lowest BCUT2D eigenvalue weighted by Gasteiger charge is -2.45. The zero-order valence-electron chi connectivity index (χ0n) is 13.2. The van der Waals surface area contributed by atoms with Crippen molar-refractivity contribution in [2.45, 2.75) is 82.8 Å². The highest BCUT2D eigenvalue weighted by atomic mass is 16.1. The minimum absolute atomic E-state index is 0.161. The van der Waals surface area contributed by atoms with Crippen LogP contribution in [0.3, 0.4) is 0 Å². The van der Waals surface area contributed by atoms with Crippen LogP contribution in [0.2, 0.25) is 0 Å². The fourth-order valence-corrected chi connectivity index (χ4v) is 4.39. The third kappa shape index (κ3) is 3.17. The third-order valence-electron chi connectivity index (χ3n) is 5.34. The van der Waals surface area contributed by atoms with Gasteiger partial charge in [0.25, 0.3) is 0 Å². The maximum atomic E-state index is 12.0. The van der Waals surface area contributed by atoms with E-state index in [0.717, 1.165) is 38.4 Å². The van der Waals surface area contributed by atoms with Crippen molar-refractivity contribution in [2.75, 3.05) is 13.1 Å². The quantitative estimate of drug-likeness (QED) is 0.783. The summed E-state index contributed by atoms with van der Waals surface area (Å²) in [7, 11) is 0. The highest BCUT2D eigenvalue weighted by Crippen LogP contribution is 2.35. The molecule has 2 saturated carbocycles. The molecule has 2 unspecified atom stereocenters. The largest absolute Gasteiger partial charge is 0.368 e. The van der Waals surface area contributed by atoms with Crippen LogP contribution in [0.5, 0.6) is 0 Å². The zero-order valence-corrected chi connectivity index (χ0v) is 13.2. The molecule has 1 amide bonds. The molecule has 2 aliphatic rings. The second-order valence-corrected chi connectivity index (χ2v) is 6.50. The Morgan fingerprint density at radius 3 is 2.40 bits per heavy atom. The molecule has 0 aromatic carbocycles. The standard InChI is InChI=1S/C16H31N3O/c1-3-18-16(15(17)20)11-7-10-14(12-16)19(4-2)13-8-5-6-9-13/h13-14,18H,3-12H2,1-2H3,(H2,17,20). The first kappa shape index (κ1) is 15.8. The number of nitrogens with two attached hydrogens (primary N) is 1. The molecule has 0 heterocycles. The summed E-state index contributed by atoms with van der Waals surface area (Å²) in [4.78, 5) is 14.6. The Hall–Kier alpha value is -0.610. The average molecular weight is 281 g/mol. The minimum atomic E-state index is -0.469. The van der Waals surface area contributed by atoms with Gasteiger partial charge in [0.05, 0.1) is 5.54 Å². The van der Waals surface area contributed by atoms with Gasteiger partial charge in [-0.05, 0) is 51.6 Å². The fraction of sp³-hybridized carbons (Fsp3) is 0.938. The summed E-state index contributed by atoms with van der Waals surface area (Å²) in [6.07, 6.45) is 9.48. The summed E-state index contributed by atoms with van der Waals surface area (Å²) in [5.41, 5.74) is 5.26. The van der Waals surface area contributed by atoms with Crippen molar-refractivity contribution >= 4 is 5.91 Å². The van der Waals surface area contributed by atoms with Crippen LogP contribution in [-0.2, 0) is 4.79 Å². The minimum Gasteiger partial charge on any atom is -0.368 e. The Labute approximate surface area is 123 Å². The summed E-state index contributed by atoms with van der Waals surface area (Å²) < 4.78 is 0. The molecule has 0 aromatic heterocycles. The predicted octanol–water partition coefficient (Wildman–Crippen LogP) is 2.03. The van der Waals surface area contributed by atoms with E-state index in [4.69, 9.17) is 5.73 Å². The molecule has 0 saturated heterocycles. The van der Waals surface area contributed by atoms with E-state index in [1.165, 1.54) is 32.1 Å². The van der Waals surface area contributed by atoms with Crippen molar-refractivity contribution in [3.8, 4) is 0 Å². The number of nitrogens with one attached hydrogen (secondary N) is 1. The van der Waals surface area contributed by atoms with Crippen LogP contribution >= 0.6 is 0 Å². The van der Waals surface area contributed by atoms with Crippen molar-refractivity contribution < 1.29 is 4.79 Å². The van der Waals surface area contributed by atoms with Crippen LogP contribution in [-0.4, -0.2) is 41.5 Å². The first-order chi connectivity index (χ1) is 9.63. The first-order valence-electron chi connectivity index (χ1n) is 8.43. The molecule has 0 aliphatic heterocycles. The maximum Gasteiger partial charge on any atom is 0.237 e. The Bertz CT molecular complexity index is 324. The number of hydrogen-bond acceptors (Lipinski definition) is 3. The van der Waals surface area contributed by atoms with E-state index >= 15 is 0 Å². The van der Waals surface area contributed by atoms with Crippen LogP contribution in [0.1, 0.15) is 65.2 Å². The third-order valence-corrected chi connectivity index (χ3v) is 5.34. The van der Waals surface area contributed by atoms with Gasteiger partial charge in [-0.15, -0.1) is 0 Å². The van der Waals surface area contributed by atoms with Gasteiger partial charge in [-0.1, -0.05) is 26.7 Å². The lowest BCUT2D eigenvalue weighted by Crippen LogP contribution is -2.61. The molecule has 2 rings (SSSR count). The summed E-state index contributed by atoms with van der Waals surface area (Å²) >= 11 is 0.